The minimum absolute atomic E-state index is 0.0734. The highest BCUT2D eigenvalue weighted by molar-refractivity contribution is 7.86. The molecule has 1 fully saturated rings. The maximum absolute atomic E-state index is 12.4. The van der Waals surface area contributed by atoms with Gasteiger partial charge in [-0.2, -0.15) is 30.2 Å². The number of hydrogen-bond donors (Lipinski definition) is 1. The summed E-state index contributed by atoms with van der Waals surface area (Å²) in [7, 11) is -0.510. The third kappa shape index (κ3) is 3.72. The van der Waals surface area contributed by atoms with Crippen molar-refractivity contribution < 1.29 is 21.6 Å². The molecule has 120 valence electrons. The van der Waals surface area contributed by atoms with Gasteiger partial charge in [-0.25, -0.2) is 4.98 Å². The minimum atomic E-state index is -4.42. The lowest BCUT2D eigenvalue weighted by Crippen LogP contribution is -2.61. The normalized spacial score (nSPS) is 18.2. The summed E-state index contributed by atoms with van der Waals surface area (Å²) in [5.74, 6) is 0. The first-order chi connectivity index (χ1) is 9.60. The van der Waals surface area contributed by atoms with Crippen LogP contribution in [0.3, 0.4) is 0 Å². The predicted octanol–water partition coefficient (Wildman–Crippen LogP) is 0.742. The fourth-order valence-corrected chi connectivity index (χ4v) is 3.64. The Morgan fingerprint density at radius 1 is 1.48 bits per heavy atom. The Labute approximate surface area is 124 Å². The quantitative estimate of drug-likeness (QED) is 0.856. The highest BCUT2D eigenvalue weighted by atomic mass is 32.2. The zero-order valence-corrected chi connectivity index (χ0v) is 13.0. The van der Waals surface area contributed by atoms with Gasteiger partial charge in [-0.05, 0) is 0 Å². The maximum atomic E-state index is 12.4. The summed E-state index contributed by atoms with van der Waals surface area (Å²) in [5.41, 5.74) is 0.307. The molecule has 0 spiro atoms. The molecule has 0 amide bonds. The van der Waals surface area contributed by atoms with Crippen LogP contribution in [0, 0.1) is 0 Å². The smallest absolute Gasteiger partial charge is 0.306 e. The lowest BCUT2D eigenvalue weighted by molar-refractivity contribution is -0.137. The maximum Gasteiger partial charge on any atom is 0.443 e. The van der Waals surface area contributed by atoms with Crippen LogP contribution in [0.1, 0.15) is 10.7 Å². The fourth-order valence-electron chi connectivity index (χ4n) is 1.75. The summed E-state index contributed by atoms with van der Waals surface area (Å²) in [6.07, 6.45) is -4.42. The minimum Gasteiger partial charge on any atom is -0.306 e. The zero-order valence-electron chi connectivity index (χ0n) is 11.4. The average molecular weight is 344 g/mol. The van der Waals surface area contributed by atoms with Crippen molar-refractivity contribution in [1.29, 1.82) is 0 Å². The molecule has 0 unspecified atom stereocenters. The first-order valence-electron chi connectivity index (χ1n) is 6.03. The van der Waals surface area contributed by atoms with E-state index in [4.69, 9.17) is 0 Å². The molecule has 1 aliphatic heterocycles. The van der Waals surface area contributed by atoms with E-state index in [1.54, 1.807) is 0 Å². The number of halogens is 3. The second-order valence-electron chi connectivity index (χ2n) is 4.83. The third-order valence-corrected chi connectivity index (χ3v) is 5.81. The molecular formula is C10H15F3N4O2S2. The summed E-state index contributed by atoms with van der Waals surface area (Å²) in [4.78, 5) is 3.50. The zero-order chi connectivity index (χ0) is 15.8. The lowest BCUT2D eigenvalue weighted by Gasteiger charge is -2.39. The average Bonchev–Trinajstić information content (AvgIpc) is 2.74. The van der Waals surface area contributed by atoms with Gasteiger partial charge >= 0.3 is 6.18 Å². The molecule has 0 atom stereocenters. The van der Waals surface area contributed by atoms with Crippen molar-refractivity contribution >= 4 is 21.5 Å². The van der Waals surface area contributed by atoms with Gasteiger partial charge in [0.15, 0.2) is 5.01 Å². The Morgan fingerprint density at radius 3 is 2.57 bits per heavy atom. The molecule has 0 bridgehead atoms. The third-order valence-electron chi connectivity index (χ3n) is 3.00. The van der Waals surface area contributed by atoms with Gasteiger partial charge in [0.25, 0.3) is 10.2 Å². The molecule has 1 aromatic rings. The van der Waals surface area contributed by atoms with Gasteiger partial charge in [-0.1, -0.05) is 0 Å². The molecule has 0 saturated carbocycles. The van der Waals surface area contributed by atoms with Crippen LogP contribution in [0.25, 0.3) is 0 Å². The first-order valence-corrected chi connectivity index (χ1v) is 8.31. The van der Waals surface area contributed by atoms with Gasteiger partial charge in [0.1, 0.15) is 0 Å². The van der Waals surface area contributed by atoms with Crippen LogP contribution in [0.4, 0.5) is 13.2 Å². The molecule has 0 aliphatic carbocycles. The monoisotopic (exact) mass is 344 g/mol. The Hall–Kier alpha value is -0.750. The molecule has 0 aromatic carbocycles. The summed E-state index contributed by atoms with van der Waals surface area (Å²) >= 11 is 0.553. The van der Waals surface area contributed by atoms with Gasteiger partial charge < -0.3 is 5.32 Å². The molecule has 1 aliphatic rings. The molecule has 6 nitrogen and oxygen atoms in total. The Morgan fingerprint density at radius 2 is 2.10 bits per heavy atom. The second-order valence-corrected chi connectivity index (χ2v) is 7.83. The van der Waals surface area contributed by atoms with E-state index in [9.17, 15) is 21.6 Å². The molecule has 2 rings (SSSR count). The number of nitrogens with one attached hydrogen (secondary N) is 1. The van der Waals surface area contributed by atoms with E-state index in [1.165, 1.54) is 23.8 Å². The molecule has 21 heavy (non-hydrogen) atoms. The van der Waals surface area contributed by atoms with Crippen LogP contribution < -0.4 is 5.32 Å². The predicted molar refractivity (Wildman–Crippen MR) is 71.9 cm³/mol. The van der Waals surface area contributed by atoms with Gasteiger partial charge in [-0.3, -0.25) is 0 Å². The van der Waals surface area contributed by atoms with Crippen LogP contribution in [0.15, 0.2) is 5.38 Å². The molecule has 1 N–H and O–H groups in total. The molecule has 0 radical (unpaired) electrons. The van der Waals surface area contributed by atoms with Gasteiger partial charge in [-0.15, -0.1) is 11.3 Å². The van der Waals surface area contributed by atoms with Crippen molar-refractivity contribution in [3.8, 4) is 0 Å². The number of hydrogen-bond acceptors (Lipinski definition) is 5. The Balaban J connectivity index is 1.81. The number of nitrogens with zero attached hydrogens (tertiary/aromatic N) is 3. The number of rotatable bonds is 5. The van der Waals surface area contributed by atoms with Crippen LogP contribution in [0.5, 0.6) is 0 Å². The van der Waals surface area contributed by atoms with Crippen molar-refractivity contribution in [3.05, 3.63) is 16.1 Å². The SMILES string of the molecule is CN(C)S(=O)(=O)N1CC(NCc2csc(C(F)(F)F)n2)C1. The summed E-state index contributed by atoms with van der Waals surface area (Å²) in [5, 5.41) is 3.47. The summed E-state index contributed by atoms with van der Waals surface area (Å²) in [6.45, 7) is 0.792. The van der Waals surface area contributed by atoms with Gasteiger partial charge in [0.2, 0.25) is 0 Å². The van der Waals surface area contributed by atoms with Crippen molar-refractivity contribution in [2.24, 2.45) is 0 Å². The summed E-state index contributed by atoms with van der Waals surface area (Å²) in [6, 6.07) is -0.0734. The van der Waals surface area contributed by atoms with Crippen LogP contribution in [-0.2, 0) is 22.9 Å². The summed E-state index contributed by atoms with van der Waals surface area (Å²) < 4.78 is 63.0. The molecule has 1 saturated heterocycles. The highest BCUT2D eigenvalue weighted by Crippen LogP contribution is 2.31. The van der Waals surface area contributed by atoms with Crippen molar-refractivity contribution in [2.45, 2.75) is 18.8 Å². The van der Waals surface area contributed by atoms with E-state index < -0.39 is 21.4 Å². The van der Waals surface area contributed by atoms with E-state index in [-0.39, 0.29) is 12.6 Å². The van der Waals surface area contributed by atoms with Gasteiger partial charge in [0.05, 0.1) is 5.69 Å². The standard InChI is InChI=1S/C10H15F3N4O2S2/c1-16(2)21(18,19)17-4-8(5-17)14-3-7-6-20-9(15-7)10(11,12)13/h6,8,14H,3-5H2,1-2H3. The number of aromatic nitrogens is 1. The second kappa shape index (κ2) is 5.80. The molecular weight excluding hydrogens is 329 g/mol. The van der Waals surface area contributed by atoms with Crippen molar-refractivity contribution in [3.63, 3.8) is 0 Å². The van der Waals surface area contributed by atoms with Crippen LogP contribution in [-0.4, -0.2) is 55.2 Å². The van der Waals surface area contributed by atoms with Crippen LogP contribution >= 0.6 is 11.3 Å². The number of thiazole rings is 1. The fraction of sp³-hybridized carbons (Fsp3) is 0.700. The lowest BCUT2D eigenvalue weighted by atomic mass is 10.2. The Bertz CT molecular complexity index is 594. The topological polar surface area (TPSA) is 65.5 Å². The van der Waals surface area contributed by atoms with E-state index >= 15 is 0 Å². The first kappa shape index (κ1) is 16.6. The van der Waals surface area contributed by atoms with E-state index in [0.717, 1.165) is 4.31 Å². The van der Waals surface area contributed by atoms with Crippen molar-refractivity contribution in [1.82, 2.24) is 18.9 Å². The Kier molecular flexibility index (Phi) is 4.59. The van der Waals surface area contributed by atoms with E-state index in [0.29, 0.717) is 30.1 Å². The van der Waals surface area contributed by atoms with Crippen LogP contribution in [0.2, 0.25) is 0 Å². The molecule has 11 heteroatoms. The van der Waals surface area contributed by atoms with Crippen molar-refractivity contribution in [2.75, 3.05) is 27.2 Å². The van der Waals surface area contributed by atoms with E-state index in [2.05, 4.69) is 10.3 Å². The highest BCUT2D eigenvalue weighted by Gasteiger charge is 2.37. The largest absolute Gasteiger partial charge is 0.443 e. The van der Waals surface area contributed by atoms with Gasteiger partial charge in [0, 0.05) is 45.2 Å². The number of alkyl halides is 3. The van der Waals surface area contributed by atoms with E-state index in [1.807, 2.05) is 0 Å². The molecule has 1 aromatic heterocycles. The molecule has 2 heterocycles.